The molecule has 0 saturated heterocycles. The number of carbonyl (C=O) groups excluding carboxylic acids is 2. The number of benzene rings is 2. The molecule has 0 bridgehead atoms. The molecule has 0 amide bonds. The van der Waals surface area contributed by atoms with Gasteiger partial charge in [-0.3, -0.25) is 0 Å². The molecule has 0 spiro atoms. The first-order valence-corrected chi connectivity index (χ1v) is 6.43. The highest BCUT2D eigenvalue weighted by molar-refractivity contribution is 5.91. The molecule has 0 heterocycles. The van der Waals surface area contributed by atoms with Gasteiger partial charge in [0.05, 0.1) is 12.7 Å². The molecule has 5 nitrogen and oxygen atoms in total. The van der Waals surface area contributed by atoms with E-state index in [1.165, 1.54) is 24.3 Å². The zero-order valence-electron chi connectivity index (χ0n) is 11.9. The lowest BCUT2D eigenvalue weighted by molar-refractivity contribution is -0.128. The Morgan fingerprint density at radius 1 is 0.864 bits per heavy atom. The third-order valence-electron chi connectivity index (χ3n) is 2.75. The number of carbonyl (C=O) groups is 2. The van der Waals surface area contributed by atoms with Gasteiger partial charge in [-0.15, -0.1) is 0 Å². The lowest BCUT2D eigenvalue weighted by Crippen LogP contribution is -2.09. The van der Waals surface area contributed by atoms with E-state index >= 15 is 0 Å². The Hall–Kier alpha value is -3.08. The minimum absolute atomic E-state index is 0.325. The van der Waals surface area contributed by atoms with Gasteiger partial charge in [-0.25, -0.2) is 9.59 Å². The summed E-state index contributed by atoms with van der Waals surface area (Å²) in [5, 5.41) is 0. The molecule has 5 heteroatoms. The largest absolute Gasteiger partial charge is 0.497 e. The number of hydrogen-bond donors (Lipinski definition) is 0. The van der Waals surface area contributed by atoms with Crippen molar-refractivity contribution in [3.63, 3.8) is 0 Å². The van der Waals surface area contributed by atoms with Gasteiger partial charge < -0.3 is 14.2 Å². The fraction of sp³-hybridized carbons (Fsp3) is 0.0588. The summed E-state index contributed by atoms with van der Waals surface area (Å²) in [7, 11) is 1.56. The van der Waals surface area contributed by atoms with Gasteiger partial charge in [0.1, 0.15) is 17.2 Å². The van der Waals surface area contributed by atoms with Crippen molar-refractivity contribution < 1.29 is 23.8 Å². The van der Waals surface area contributed by atoms with Crippen LogP contribution in [0, 0.1) is 0 Å². The molecule has 2 rings (SSSR count). The van der Waals surface area contributed by atoms with E-state index < -0.39 is 11.9 Å². The molecule has 0 unspecified atom stereocenters. The van der Waals surface area contributed by atoms with Gasteiger partial charge in [-0.1, -0.05) is 6.58 Å². The minimum atomic E-state index is -0.562. The molecule has 0 saturated carbocycles. The predicted octanol–water partition coefficient (Wildman–Crippen LogP) is 3.01. The fourth-order valence-corrected chi connectivity index (χ4v) is 1.63. The Morgan fingerprint density at radius 3 is 1.91 bits per heavy atom. The third kappa shape index (κ3) is 3.96. The average molecular weight is 298 g/mol. The number of ether oxygens (including phenoxy) is 3. The summed E-state index contributed by atoms with van der Waals surface area (Å²) < 4.78 is 15.2. The van der Waals surface area contributed by atoms with E-state index in [4.69, 9.17) is 14.2 Å². The van der Waals surface area contributed by atoms with Crippen molar-refractivity contribution in [2.45, 2.75) is 0 Å². The standard InChI is InChI=1S/C17H14O5/c1-3-16(18)21-14-6-4-12(5-7-14)17(19)22-15-10-8-13(20-2)9-11-15/h3-11H,1H2,2H3. The first-order chi connectivity index (χ1) is 10.6. The summed E-state index contributed by atoms with van der Waals surface area (Å²) >= 11 is 0. The minimum Gasteiger partial charge on any atom is -0.497 e. The summed E-state index contributed by atoms with van der Waals surface area (Å²) in [6.07, 6.45) is 1.06. The van der Waals surface area contributed by atoms with Crippen LogP contribution in [0.4, 0.5) is 0 Å². The molecule has 0 aliphatic rings. The second kappa shape index (κ2) is 7.08. The first-order valence-electron chi connectivity index (χ1n) is 6.43. The molecule has 0 radical (unpaired) electrons. The summed E-state index contributed by atoms with van der Waals surface area (Å²) in [6.45, 7) is 3.30. The van der Waals surface area contributed by atoms with Crippen molar-refractivity contribution >= 4 is 11.9 Å². The van der Waals surface area contributed by atoms with Crippen molar-refractivity contribution in [2.24, 2.45) is 0 Å². The molecular weight excluding hydrogens is 284 g/mol. The lowest BCUT2D eigenvalue weighted by Gasteiger charge is -2.06. The SMILES string of the molecule is C=CC(=O)Oc1ccc(C(=O)Oc2ccc(OC)cc2)cc1. The van der Waals surface area contributed by atoms with E-state index in [0.717, 1.165) is 6.08 Å². The van der Waals surface area contributed by atoms with Crippen molar-refractivity contribution in [1.82, 2.24) is 0 Å². The molecule has 0 aliphatic carbocycles. The maximum absolute atomic E-state index is 12.0. The van der Waals surface area contributed by atoms with Gasteiger partial charge in [-0.2, -0.15) is 0 Å². The van der Waals surface area contributed by atoms with Crippen LogP contribution in [0.15, 0.2) is 61.2 Å². The van der Waals surface area contributed by atoms with Crippen molar-refractivity contribution in [2.75, 3.05) is 7.11 Å². The zero-order chi connectivity index (χ0) is 15.9. The Kier molecular flexibility index (Phi) is 4.93. The van der Waals surface area contributed by atoms with E-state index in [1.807, 2.05) is 0 Å². The molecule has 0 aromatic heterocycles. The molecule has 112 valence electrons. The van der Waals surface area contributed by atoms with Crippen molar-refractivity contribution in [1.29, 1.82) is 0 Å². The van der Waals surface area contributed by atoms with E-state index in [2.05, 4.69) is 6.58 Å². The van der Waals surface area contributed by atoms with Crippen LogP contribution in [0.1, 0.15) is 10.4 Å². The van der Waals surface area contributed by atoms with Crippen LogP contribution in [-0.2, 0) is 4.79 Å². The molecule has 0 N–H and O–H groups in total. The quantitative estimate of drug-likeness (QED) is 0.482. The molecule has 2 aromatic carbocycles. The average Bonchev–Trinajstić information content (AvgIpc) is 2.56. The van der Waals surface area contributed by atoms with E-state index in [9.17, 15) is 9.59 Å². The predicted molar refractivity (Wildman–Crippen MR) is 80.2 cm³/mol. The smallest absolute Gasteiger partial charge is 0.343 e. The molecule has 0 atom stereocenters. The Morgan fingerprint density at radius 2 is 1.36 bits per heavy atom. The highest BCUT2D eigenvalue weighted by Gasteiger charge is 2.09. The summed E-state index contributed by atoms with van der Waals surface area (Å²) in [6, 6.07) is 12.7. The highest BCUT2D eigenvalue weighted by Crippen LogP contribution is 2.19. The molecule has 0 fully saturated rings. The fourth-order valence-electron chi connectivity index (χ4n) is 1.63. The normalized spacial score (nSPS) is 9.68. The Bertz CT molecular complexity index is 671. The number of rotatable bonds is 5. The zero-order valence-corrected chi connectivity index (χ0v) is 11.9. The van der Waals surface area contributed by atoms with Crippen LogP contribution in [0.5, 0.6) is 17.2 Å². The second-order valence-electron chi connectivity index (χ2n) is 4.21. The highest BCUT2D eigenvalue weighted by atomic mass is 16.5. The maximum Gasteiger partial charge on any atom is 0.343 e. The van der Waals surface area contributed by atoms with E-state index in [-0.39, 0.29) is 0 Å². The first kappa shape index (κ1) is 15.3. The molecular formula is C17H14O5. The number of hydrogen-bond acceptors (Lipinski definition) is 5. The van der Waals surface area contributed by atoms with E-state index in [0.29, 0.717) is 22.8 Å². The van der Waals surface area contributed by atoms with Gasteiger partial charge in [0.2, 0.25) is 0 Å². The summed E-state index contributed by atoms with van der Waals surface area (Å²) in [5.74, 6) is 0.340. The van der Waals surface area contributed by atoms with E-state index in [1.54, 1.807) is 31.4 Å². The molecule has 2 aromatic rings. The van der Waals surface area contributed by atoms with Gasteiger partial charge in [0, 0.05) is 6.08 Å². The summed E-state index contributed by atoms with van der Waals surface area (Å²) in [5.41, 5.74) is 0.342. The molecule has 0 aliphatic heterocycles. The van der Waals surface area contributed by atoms with Crippen molar-refractivity contribution in [3.05, 3.63) is 66.7 Å². The van der Waals surface area contributed by atoms with Crippen LogP contribution in [0.3, 0.4) is 0 Å². The van der Waals surface area contributed by atoms with Crippen LogP contribution in [0.25, 0.3) is 0 Å². The number of esters is 2. The summed E-state index contributed by atoms with van der Waals surface area (Å²) in [4.78, 5) is 23.0. The van der Waals surface area contributed by atoms with Crippen LogP contribution >= 0.6 is 0 Å². The Balaban J connectivity index is 2.02. The Labute approximate surface area is 127 Å². The van der Waals surface area contributed by atoms with Gasteiger partial charge in [0.25, 0.3) is 0 Å². The van der Waals surface area contributed by atoms with Crippen LogP contribution in [0.2, 0.25) is 0 Å². The maximum atomic E-state index is 12.0. The van der Waals surface area contributed by atoms with Gasteiger partial charge in [-0.05, 0) is 48.5 Å². The lowest BCUT2D eigenvalue weighted by atomic mass is 10.2. The third-order valence-corrected chi connectivity index (χ3v) is 2.75. The second-order valence-corrected chi connectivity index (χ2v) is 4.21. The van der Waals surface area contributed by atoms with Crippen LogP contribution in [-0.4, -0.2) is 19.0 Å². The van der Waals surface area contributed by atoms with Crippen LogP contribution < -0.4 is 14.2 Å². The van der Waals surface area contributed by atoms with Gasteiger partial charge in [0.15, 0.2) is 0 Å². The van der Waals surface area contributed by atoms with Gasteiger partial charge >= 0.3 is 11.9 Å². The number of methoxy groups -OCH3 is 1. The molecule has 22 heavy (non-hydrogen) atoms. The van der Waals surface area contributed by atoms with Crippen molar-refractivity contribution in [3.8, 4) is 17.2 Å². The topological polar surface area (TPSA) is 61.8 Å². The monoisotopic (exact) mass is 298 g/mol.